The Morgan fingerprint density at radius 1 is 1.15 bits per heavy atom. The SMILES string of the molecule is CCCc1c(OCCCSc2ccc(C(O)C(C)(C)CC(=O)[O-])cc2)ccc(C(C)=O)c1O.[Na+]. The van der Waals surface area contributed by atoms with E-state index in [2.05, 4.69) is 0 Å². The third-order valence-corrected chi connectivity index (χ3v) is 6.57. The molecular formula is C26H33NaO6S. The van der Waals surface area contributed by atoms with Gasteiger partial charge in [0.15, 0.2) is 5.78 Å². The molecule has 0 aliphatic rings. The fourth-order valence-electron chi connectivity index (χ4n) is 3.63. The van der Waals surface area contributed by atoms with Crippen molar-refractivity contribution in [2.75, 3.05) is 12.4 Å². The molecular weight excluding hydrogens is 463 g/mol. The number of hydrogen-bond acceptors (Lipinski definition) is 7. The van der Waals surface area contributed by atoms with E-state index in [0.29, 0.717) is 35.5 Å². The zero-order chi connectivity index (χ0) is 24.6. The number of ether oxygens (including phenoxy) is 1. The van der Waals surface area contributed by atoms with E-state index in [1.165, 1.54) is 6.92 Å². The van der Waals surface area contributed by atoms with E-state index in [1.807, 2.05) is 31.2 Å². The van der Waals surface area contributed by atoms with Gasteiger partial charge in [-0.05, 0) is 56.0 Å². The van der Waals surface area contributed by atoms with Crippen molar-refractivity contribution < 1.29 is 59.2 Å². The molecule has 0 aromatic heterocycles. The molecule has 0 bridgehead atoms. The average molecular weight is 497 g/mol. The van der Waals surface area contributed by atoms with E-state index in [1.54, 1.807) is 37.7 Å². The number of carboxylic acid groups (broad SMARTS) is 1. The predicted octanol–water partition coefficient (Wildman–Crippen LogP) is 1.31. The minimum atomic E-state index is -1.18. The number of rotatable bonds is 13. The van der Waals surface area contributed by atoms with Crippen molar-refractivity contribution in [1.82, 2.24) is 0 Å². The minimum absolute atomic E-state index is 0. The number of Topliss-reactive ketones (excluding diaryl/α,β-unsaturated/α-hetero) is 1. The third-order valence-electron chi connectivity index (χ3n) is 5.47. The van der Waals surface area contributed by atoms with Crippen LogP contribution in [-0.4, -0.2) is 34.3 Å². The van der Waals surface area contributed by atoms with Crippen LogP contribution in [0.2, 0.25) is 0 Å². The molecule has 0 saturated heterocycles. The Balaban J connectivity index is 0.00000578. The molecule has 8 heteroatoms. The van der Waals surface area contributed by atoms with Gasteiger partial charge in [-0.2, -0.15) is 0 Å². The van der Waals surface area contributed by atoms with E-state index < -0.39 is 17.5 Å². The summed E-state index contributed by atoms with van der Waals surface area (Å²) in [5.74, 6) is 0.0934. The van der Waals surface area contributed by atoms with Gasteiger partial charge in [-0.25, -0.2) is 0 Å². The Kier molecular flexibility index (Phi) is 12.7. The van der Waals surface area contributed by atoms with Gasteiger partial charge in [-0.15, -0.1) is 11.8 Å². The molecule has 0 saturated carbocycles. The molecule has 0 radical (unpaired) electrons. The maximum absolute atomic E-state index is 11.7. The molecule has 2 N–H and O–H groups in total. The fourth-order valence-corrected chi connectivity index (χ4v) is 4.45. The molecule has 34 heavy (non-hydrogen) atoms. The third kappa shape index (κ3) is 8.61. The molecule has 0 amide bonds. The monoisotopic (exact) mass is 496 g/mol. The summed E-state index contributed by atoms with van der Waals surface area (Å²) in [5, 5.41) is 31.9. The summed E-state index contributed by atoms with van der Waals surface area (Å²) in [6.45, 7) is 7.33. The van der Waals surface area contributed by atoms with Crippen LogP contribution in [0.15, 0.2) is 41.3 Å². The van der Waals surface area contributed by atoms with Crippen molar-refractivity contribution in [3.05, 3.63) is 53.1 Å². The van der Waals surface area contributed by atoms with E-state index in [9.17, 15) is 24.9 Å². The molecule has 0 aliphatic heterocycles. The molecule has 2 aromatic rings. The van der Waals surface area contributed by atoms with Crippen molar-refractivity contribution in [3.63, 3.8) is 0 Å². The second kappa shape index (κ2) is 14.1. The summed E-state index contributed by atoms with van der Waals surface area (Å²) in [6, 6.07) is 10.8. The number of aromatic hydroxyl groups is 1. The van der Waals surface area contributed by atoms with Crippen molar-refractivity contribution in [3.8, 4) is 11.5 Å². The van der Waals surface area contributed by atoms with E-state index in [4.69, 9.17) is 4.74 Å². The molecule has 0 heterocycles. The number of phenols is 1. The van der Waals surface area contributed by atoms with Crippen molar-refractivity contribution in [2.45, 2.75) is 64.4 Å². The van der Waals surface area contributed by atoms with E-state index in [0.717, 1.165) is 23.5 Å². The van der Waals surface area contributed by atoms with Gasteiger partial charge in [0.05, 0.1) is 18.3 Å². The van der Waals surface area contributed by atoms with Gasteiger partial charge >= 0.3 is 29.6 Å². The normalized spacial score (nSPS) is 12.0. The van der Waals surface area contributed by atoms with Crippen LogP contribution in [0.1, 0.15) is 74.5 Å². The van der Waals surface area contributed by atoms with Crippen LogP contribution in [0.4, 0.5) is 0 Å². The first kappa shape index (κ1) is 30.5. The zero-order valence-electron chi connectivity index (χ0n) is 20.7. The van der Waals surface area contributed by atoms with Crippen molar-refractivity contribution in [2.24, 2.45) is 5.41 Å². The van der Waals surface area contributed by atoms with Gasteiger partial charge in [0.2, 0.25) is 0 Å². The second-order valence-electron chi connectivity index (χ2n) is 8.80. The molecule has 2 rings (SSSR count). The van der Waals surface area contributed by atoms with Gasteiger partial charge in [-0.1, -0.05) is 39.3 Å². The molecule has 180 valence electrons. The molecule has 2 aromatic carbocycles. The second-order valence-corrected chi connectivity index (χ2v) is 9.97. The number of carbonyl (C=O) groups excluding carboxylic acids is 2. The van der Waals surface area contributed by atoms with Crippen LogP contribution in [0.3, 0.4) is 0 Å². The topological polar surface area (TPSA) is 107 Å². The largest absolute Gasteiger partial charge is 1.00 e. The molecule has 0 aliphatic carbocycles. The molecule has 1 atom stereocenters. The predicted molar refractivity (Wildman–Crippen MR) is 128 cm³/mol. The van der Waals surface area contributed by atoms with Crippen LogP contribution >= 0.6 is 11.8 Å². The molecule has 0 fully saturated rings. The minimum Gasteiger partial charge on any atom is -0.550 e. The standard InChI is InChI=1S/C26H34O6S.Na/c1-5-7-21-22(13-12-20(17(2)27)24(21)30)32-14-6-15-33-19-10-8-18(9-11-19)25(31)26(3,4)16-23(28)29;/h8-13,25,30-31H,5-7,14-16H2,1-4H3,(H,28,29);/q;+1/p-1. The first-order valence-corrected chi connectivity index (χ1v) is 12.1. The fraction of sp³-hybridized carbons (Fsp3) is 0.462. The van der Waals surface area contributed by atoms with Crippen LogP contribution < -0.4 is 39.4 Å². The maximum Gasteiger partial charge on any atom is 1.00 e. The number of aliphatic carboxylic acids is 1. The molecule has 1 unspecified atom stereocenters. The number of aliphatic hydroxyl groups excluding tert-OH is 1. The smallest absolute Gasteiger partial charge is 0.550 e. The number of carboxylic acids is 1. The number of ketones is 1. The first-order valence-electron chi connectivity index (χ1n) is 11.2. The van der Waals surface area contributed by atoms with E-state index >= 15 is 0 Å². The first-order chi connectivity index (χ1) is 15.6. The van der Waals surface area contributed by atoms with Crippen LogP contribution in [0, 0.1) is 5.41 Å². The van der Waals surface area contributed by atoms with Gasteiger partial charge in [0.1, 0.15) is 11.5 Å². The summed E-state index contributed by atoms with van der Waals surface area (Å²) in [7, 11) is 0. The Morgan fingerprint density at radius 2 is 1.79 bits per heavy atom. The molecule has 0 spiro atoms. The van der Waals surface area contributed by atoms with E-state index in [-0.39, 0.29) is 47.5 Å². The van der Waals surface area contributed by atoms with Crippen LogP contribution in [0.5, 0.6) is 11.5 Å². The number of aliphatic hydroxyl groups is 1. The Morgan fingerprint density at radius 3 is 2.35 bits per heavy atom. The maximum atomic E-state index is 11.7. The van der Waals surface area contributed by atoms with Gasteiger partial charge in [0.25, 0.3) is 0 Å². The van der Waals surface area contributed by atoms with Gasteiger partial charge in [0, 0.05) is 27.6 Å². The van der Waals surface area contributed by atoms with Crippen LogP contribution in [-0.2, 0) is 11.2 Å². The number of carbonyl (C=O) groups is 2. The Hall–Kier alpha value is -1.51. The summed E-state index contributed by atoms with van der Waals surface area (Å²) in [4.78, 5) is 23.6. The number of thioether (sulfide) groups is 1. The quantitative estimate of drug-likeness (QED) is 0.186. The summed E-state index contributed by atoms with van der Waals surface area (Å²) in [6.07, 6.45) is 1.13. The van der Waals surface area contributed by atoms with Crippen molar-refractivity contribution in [1.29, 1.82) is 0 Å². The Bertz CT molecular complexity index is 959. The number of phenolic OH excluding ortho intramolecular Hbond substituents is 1. The zero-order valence-corrected chi connectivity index (χ0v) is 23.5. The molecule has 6 nitrogen and oxygen atoms in total. The van der Waals surface area contributed by atoms with Crippen LogP contribution in [0.25, 0.3) is 0 Å². The summed E-state index contributed by atoms with van der Waals surface area (Å²) in [5.41, 5.74) is 0.844. The summed E-state index contributed by atoms with van der Waals surface area (Å²) >= 11 is 1.66. The van der Waals surface area contributed by atoms with Gasteiger partial charge in [-0.3, -0.25) is 4.79 Å². The number of benzene rings is 2. The summed E-state index contributed by atoms with van der Waals surface area (Å²) < 4.78 is 5.89. The number of hydrogen-bond donors (Lipinski definition) is 2. The Labute approximate surface area is 228 Å². The van der Waals surface area contributed by atoms with Crippen molar-refractivity contribution >= 4 is 23.5 Å². The van der Waals surface area contributed by atoms with Gasteiger partial charge < -0.3 is 24.9 Å². The average Bonchev–Trinajstić information content (AvgIpc) is 2.74.